The topological polar surface area (TPSA) is 79.3 Å². The van der Waals surface area contributed by atoms with E-state index in [9.17, 15) is 22.8 Å². The molecule has 210 valence electrons. The minimum Gasteiger partial charge on any atom is -0.315 e. The van der Waals surface area contributed by atoms with Gasteiger partial charge in [-0.2, -0.15) is 18.3 Å². The lowest BCUT2D eigenvalue weighted by Crippen LogP contribution is -2.43. The summed E-state index contributed by atoms with van der Waals surface area (Å²) in [6, 6.07) is 10.5. The Morgan fingerprint density at radius 2 is 1.67 bits per heavy atom. The number of carbonyl (C=O) groups is 2. The smallest absolute Gasteiger partial charge is 0.315 e. The van der Waals surface area contributed by atoms with Crippen LogP contribution in [0.15, 0.2) is 48.5 Å². The van der Waals surface area contributed by atoms with E-state index in [4.69, 9.17) is 23.2 Å². The van der Waals surface area contributed by atoms with Gasteiger partial charge in [-0.25, -0.2) is 9.48 Å². The molecule has 0 aliphatic heterocycles. The maximum Gasteiger partial charge on any atom is 0.418 e. The van der Waals surface area contributed by atoms with Crippen LogP contribution in [0.3, 0.4) is 0 Å². The van der Waals surface area contributed by atoms with Crippen molar-refractivity contribution in [2.75, 3.05) is 23.7 Å². The number of benzene rings is 2. The lowest BCUT2D eigenvalue weighted by atomic mass is 9.92. The summed E-state index contributed by atoms with van der Waals surface area (Å²) in [5.74, 6) is -0.289. The molecule has 0 saturated carbocycles. The summed E-state index contributed by atoms with van der Waals surface area (Å²) in [4.78, 5) is 27.3. The van der Waals surface area contributed by atoms with Crippen molar-refractivity contribution in [3.8, 4) is 5.69 Å². The zero-order chi connectivity index (χ0) is 29.1. The Morgan fingerprint density at radius 1 is 1.00 bits per heavy atom. The Kier molecular flexibility index (Phi) is 9.23. The Balaban J connectivity index is 1.87. The van der Waals surface area contributed by atoms with Gasteiger partial charge in [0.15, 0.2) is 0 Å². The second-order valence-electron chi connectivity index (χ2n) is 10.5. The van der Waals surface area contributed by atoms with Gasteiger partial charge < -0.3 is 15.5 Å². The number of nitrogens with one attached hydrogen (secondary N) is 2. The van der Waals surface area contributed by atoms with Crippen LogP contribution in [0.2, 0.25) is 10.0 Å². The van der Waals surface area contributed by atoms with Gasteiger partial charge in [0, 0.05) is 18.0 Å². The van der Waals surface area contributed by atoms with Crippen molar-refractivity contribution in [3.63, 3.8) is 0 Å². The van der Waals surface area contributed by atoms with E-state index in [1.807, 2.05) is 34.6 Å². The van der Waals surface area contributed by atoms with E-state index >= 15 is 0 Å². The molecule has 39 heavy (non-hydrogen) atoms. The van der Waals surface area contributed by atoms with Crippen molar-refractivity contribution in [3.05, 3.63) is 69.8 Å². The van der Waals surface area contributed by atoms with Crippen LogP contribution < -0.4 is 10.6 Å². The molecule has 1 aromatic heterocycles. The number of hydrogen-bond acceptors (Lipinski definition) is 3. The minimum absolute atomic E-state index is 0.0596. The predicted octanol–water partition coefficient (Wildman–Crippen LogP) is 7.62. The first kappa shape index (κ1) is 30.3. The molecular weight excluding hydrogens is 554 g/mol. The number of nitrogens with zero attached hydrogens (tertiary/aromatic N) is 3. The number of hydrogen-bond donors (Lipinski definition) is 2. The van der Waals surface area contributed by atoms with Gasteiger partial charge in [-0.3, -0.25) is 4.79 Å². The monoisotopic (exact) mass is 583 g/mol. The molecule has 0 bridgehead atoms. The van der Waals surface area contributed by atoms with Crippen molar-refractivity contribution >= 4 is 46.6 Å². The zero-order valence-electron chi connectivity index (χ0n) is 22.2. The largest absolute Gasteiger partial charge is 0.418 e. The normalized spacial score (nSPS) is 12.0. The van der Waals surface area contributed by atoms with Gasteiger partial charge in [-0.1, -0.05) is 70.0 Å². The molecule has 3 amide bonds. The van der Waals surface area contributed by atoms with Gasteiger partial charge in [0.1, 0.15) is 12.4 Å². The van der Waals surface area contributed by atoms with Crippen LogP contribution in [-0.2, 0) is 16.4 Å². The fraction of sp³-hybridized carbons (Fsp3) is 0.370. The SMILES string of the molecule is CC(C)CN(CC(=O)Nc1cc(C(C)(C)C)nn1-c1ccc(Cl)c(Cl)c1)C(=O)Nc1ccccc1C(F)(F)F. The molecule has 7 nitrogen and oxygen atoms in total. The third-order valence-corrected chi connectivity index (χ3v) is 6.31. The number of carbonyl (C=O) groups excluding carboxylic acids is 2. The van der Waals surface area contributed by atoms with E-state index in [2.05, 4.69) is 15.7 Å². The third-order valence-electron chi connectivity index (χ3n) is 5.57. The third kappa shape index (κ3) is 7.89. The first-order chi connectivity index (χ1) is 18.1. The predicted molar refractivity (Wildman–Crippen MR) is 148 cm³/mol. The van der Waals surface area contributed by atoms with Crippen LogP contribution in [-0.4, -0.2) is 39.7 Å². The maximum atomic E-state index is 13.4. The molecule has 1 heterocycles. The Morgan fingerprint density at radius 3 is 2.26 bits per heavy atom. The number of urea groups is 1. The summed E-state index contributed by atoms with van der Waals surface area (Å²) >= 11 is 12.2. The lowest BCUT2D eigenvalue weighted by Gasteiger charge is -2.25. The van der Waals surface area contributed by atoms with Crippen LogP contribution in [0, 0.1) is 5.92 Å². The summed E-state index contributed by atoms with van der Waals surface area (Å²) < 4.78 is 41.8. The molecule has 2 N–H and O–H groups in total. The van der Waals surface area contributed by atoms with Gasteiger partial charge in [-0.05, 0) is 36.2 Å². The highest BCUT2D eigenvalue weighted by atomic mass is 35.5. The molecule has 0 saturated heterocycles. The van der Waals surface area contributed by atoms with Crippen molar-refractivity contribution < 1.29 is 22.8 Å². The first-order valence-corrected chi connectivity index (χ1v) is 12.9. The Labute approximate surface area is 235 Å². The van der Waals surface area contributed by atoms with E-state index in [1.165, 1.54) is 16.8 Å². The van der Waals surface area contributed by atoms with E-state index in [1.54, 1.807) is 24.3 Å². The average Bonchev–Trinajstić information content (AvgIpc) is 3.24. The molecule has 12 heteroatoms. The Bertz CT molecular complexity index is 1350. The molecular formula is C27H30Cl2F3N5O2. The molecule has 3 aromatic rings. The highest BCUT2D eigenvalue weighted by molar-refractivity contribution is 6.42. The van der Waals surface area contributed by atoms with E-state index in [0.717, 1.165) is 17.0 Å². The molecule has 3 rings (SSSR count). The van der Waals surface area contributed by atoms with Gasteiger partial charge in [0.05, 0.1) is 32.7 Å². The zero-order valence-corrected chi connectivity index (χ0v) is 23.7. The number of halogens is 5. The van der Waals surface area contributed by atoms with Crippen LogP contribution in [0.5, 0.6) is 0 Å². The highest BCUT2D eigenvalue weighted by Crippen LogP contribution is 2.35. The van der Waals surface area contributed by atoms with Gasteiger partial charge >= 0.3 is 12.2 Å². The van der Waals surface area contributed by atoms with Crippen molar-refractivity contribution in [1.29, 1.82) is 0 Å². The fourth-order valence-corrected chi connectivity index (χ4v) is 3.99. The summed E-state index contributed by atoms with van der Waals surface area (Å²) in [6.45, 7) is 9.28. The molecule has 0 aliphatic carbocycles. The van der Waals surface area contributed by atoms with Gasteiger partial charge in [0.2, 0.25) is 5.91 Å². The Hall–Kier alpha value is -3.24. The molecule has 0 aliphatic rings. The lowest BCUT2D eigenvalue weighted by molar-refractivity contribution is -0.137. The molecule has 0 spiro atoms. The van der Waals surface area contributed by atoms with Crippen LogP contribution in [0.25, 0.3) is 5.69 Å². The van der Waals surface area contributed by atoms with Crippen molar-refractivity contribution in [2.45, 2.75) is 46.2 Å². The quantitative estimate of drug-likeness (QED) is 0.300. The molecule has 0 radical (unpaired) electrons. The second-order valence-corrected chi connectivity index (χ2v) is 11.3. The van der Waals surface area contributed by atoms with Crippen LogP contribution in [0.1, 0.15) is 45.9 Å². The number of anilines is 2. The summed E-state index contributed by atoms with van der Waals surface area (Å²) in [5.41, 5.74) is -0.486. The number of aromatic nitrogens is 2. The van der Waals surface area contributed by atoms with E-state index < -0.39 is 35.9 Å². The van der Waals surface area contributed by atoms with Gasteiger partial charge in [-0.15, -0.1) is 0 Å². The van der Waals surface area contributed by atoms with Crippen LogP contribution in [0.4, 0.5) is 29.5 Å². The molecule has 0 atom stereocenters. The average molecular weight is 584 g/mol. The fourth-order valence-electron chi connectivity index (χ4n) is 3.70. The van der Waals surface area contributed by atoms with Crippen LogP contribution >= 0.6 is 23.2 Å². The standard InChI is InChI=1S/C27H30Cl2F3N5O2/c1-16(2)14-36(25(39)33-21-9-7-6-8-18(21)27(30,31)32)15-24(38)34-23-13-22(26(3,4)5)35-37(23)17-10-11-19(28)20(29)12-17/h6-13,16H,14-15H2,1-5H3,(H,33,39)(H,34,38). The second kappa shape index (κ2) is 11.9. The minimum atomic E-state index is -4.65. The highest BCUT2D eigenvalue weighted by Gasteiger charge is 2.34. The number of amides is 3. The first-order valence-electron chi connectivity index (χ1n) is 12.1. The number of rotatable bonds is 7. The number of para-hydroxylation sites is 1. The number of alkyl halides is 3. The summed E-state index contributed by atoms with van der Waals surface area (Å²) in [5, 5.41) is 10.4. The van der Waals surface area contributed by atoms with E-state index in [0.29, 0.717) is 27.2 Å². The van der Waals surface area contributed by atoms with Crippen molar-refractivity contribution in [2.24, 2.45) is 5.92 Å². The van der Waals surface area contributed by atoms with Gasteiger partial charge in [0.25, 0.3) is 0 Å². The molecule has 0 unspecified atom stereocenters. The van der Waals surface area contributed by atoms with Crippen molar-refractivity contribution in [1.82, 2.24) is 14.7 Å². The molecule has 2 aromatic carbocycles. The van der Waals surface area contributed by atoms with E-state index in [-0.39, 0.29) is 17.9 Å². The maximum absolute atomic E-state index is 13.4. The summed E-state index contributed by atoms with van der Waals surface area (Å²) in [6.07, 6.45) is -4.65. The summed E-state index contributed by atoms with van der Waals surface area (Å²) in [7, 11) is 0. The molecule has 0 fully saturated rings.